The molecular formula is C13H24N2O5S. The number of carbonyl (C=O) groups excluding carboxylic acids is 1. The van der Waals surface area contributed by atoms with Crippen LogP contribution >= 0.6 is 0 Å². The van der Waals surface area contributed by atoms with Crippen molar-refractivity contribution < 1.29 is 23.1 Å². The van der Waals surface area contributed by atoms with Gasteiger partial charge in [0.15, 0.2) is 0 Å². The first-order valence-corrected chi connectivity index (χ1v) is 8.91. The molecule has 1 aliphatic rings. The number of hydrogen-bond acceptors (Lipinski definition) is 4. The van der Waals surface area contributed by atoms with E-state index in [1.54, 1.807) is 11.8 Å². The number of nitrogens with zero attached hydrogens (tertiary/aromatic N) is 2. The van der Waals surface area contributed by atoms with Crippen LogP contribution in [0, 0.1) is 5.92 Å². The zero-order valence-electron chi connectivity index (χ0n) is 12.6. The van der Waals surface area contributed by atoms with E-state index in [1.807, 2.05) is 6.92 Å². The highest BCUT2D eigenvalue weighted by molar-refractivity contribution is 7.89. The summed E-state index contributed by atoms with van der Waals surface area (Å²) in [5.74, 6) is -1.12. The molecule has 1 fully saturated rings. The SMILES string of the molecule is CCN(CCC(=O)O)C(=O)C1CCN(S(=O)(=O)CC)CC1. The lowest BCUT2D eigenvalue weighted by molar-refractivity contribution is -0.140. The Bertz CT molecular complexity index is 469. The molecular weight excluding hydrogens is 296 g/mol. The molecule has 0 spiro atoms. The molecule has 0 aliphatic carbocycles. The average Bonchev–Trinajstić information content (AvgIpc) is 2.47. The fourth-order valence-electron chi connectivity index (χ4n) is 2.48. The summed E-state index contributed by atoms with van der Waals surface area (Å²) in [4.78, 5) is 24.5. The molecule has 0 aromatic rings. The molecule has 122 valence electrons. The van der Waals surface area contributed by atoms with Gasteiger partial charge in [-0.25, -0.2) is 12.7 Å². The van der Waals surface area contributed by atoms with Crippen molar-refractivity contribution in [1.29, 1.82) is 0 Å². The maximum Gasteiger partial charge on any atom is 0.305 e. The van der Waals surface area contributed by atoms with Crippen molar-refractivity contribution >= 4 is 21.9 Å². The molecule has 1 N–H and O–H groups in total. The van der Waals surface area contributed by atoms with Crippen LogP contribution in [0.15, 0.2) is 0 Å². The fraction of sp³-hybridized carbons (Fsp3) is 0.846. The number of amides is 1. The van der Waals surface area contributed by atoms with Crippen molar-refractivity contribution in [3.05, 3.63) is 0 Å². The molecule has 1 rings (SSSR count). The number of carboxylic acids is 1. The second-order valence-electron chi connectivity index (χ2n) is 5.14. The van der Waals surface area contributed by atoms with E-state index in [-0.39, 0.29) is 30.5 Å². The van der Waals surface area contributed by atoms with E-state index in [0.717, 1.165) is 0 Å². The van der Waals surface area contributed by atoms with E-state index in [1.165, 1.54) is 4.31 Å². The molecule has 0 aromatic heterocycles. The molecule has 0 radical (unpaired) electrons. The molecule has 1 heterocycles. The molecule has 21 heavy (non-hydrogen) atoms. The molecule has 1 saturated heterocycles. The molecule has 0 unspecified atom stereocenters. The van der Waals surface area contributed by atoms with Crippen molar-refractivity contribution in [3.8, 4) is 0 Å². The Kier molecular flexibility index (Phi) is 6.60. The maximum absolute atomic E-state index is 12.3. The van der Waals surface area contributed by atoms with Gasteiger partial charge in [-0.2, -0.15) is 0 Å². The van der Waals surface area contributed by atoms with Crippen LogP contribution in [0.4, 0.5) is 0 Å². The Morgan fingerprint density at radius 1 is 1.24 bits per heavy atom. The molecule has 0 bridgehead atoms. The van der Waals surface area contributed by atoms with Gasteiger partial charge in [0, 0.05) is 32.1 Å². The first kappa shape index (κ1) is 17.9. The third-order valence-corrected chi connectivity index (χ3v) is 5.73. The normalized spacial score (nSPS) is 17.6. The highest BCUT2D eigenvalue weighted by Gasteiger charge is 2.31. The van der Waals surface area contributed by atoms with Crippen molar-refractivity contribution in [3.63, 3.8) is 0 Å². The van der Waals surface area contributed by atoms with Crippen LogP contribution in [0.1, 0.15) is 33.1 Å². The molecule has 1 aliphatic heterocycles. The second-order valence-corrected chi connectivity index (χ2v) is 7.39. The quantitative estimate of drug-likeness (QED) is 0.731. The predicted molar refractivity (Wildman–Crippen MR) is 78.3 cm³/mol. The van der Waals surface area contributed by atoms with Crippen LogP contribution < -0.4 is 0 Å². The minimum Gasteiger partial charge on any atom is -0.481 e. The lowest BCUT2D eigenvalue weighted by atomic mass is 9.96. The van der Waals surface area contributed by atoms with Crippen LogP contribution in [-0.2, 0) is 19.6 Å². The zero-order valence-corrected chi connectivity index (χ0v) is 13.4. The number of rotatable bonds is 7. The molecule has 7 nitrogen and oxygen atoms in total. The van der Waals surface area contributed by atoms with Crippen molar-refractivity contribution in [1.82, 2.24) is 9.21 Å². The first-order valence-electron chi connectivity index (χ1n) is 7.30. The van der Waals surface area contributed by atoms with Gasteiger partial charge in [0.2, 0.25) is 15.9 Å². The van der Waals surface area contributed by atoms with Crippen molar-refractivity contribution in [2.24, 2.45) is 5.92 Å². The Morgan fingerprint density at radius 3 is 2.24 bits per heavy atom. The molecule has 0 aromatic carbocycles. The standard InChI is InChI=1S/C13H24N2O5S/c1-3-14(8-7-12(16)17)13(18)11-5-9-15(10-6-11)21(19,20)4-2/h11H,3-10H2,1-2H3,(H,16,17). The van der Waals surface area contributed by atoms with E-state index in [0.29, 0.717) is 32.5 Å². The molecule has 0 atom stereocenters. The van der Waals surface area contributed by atoms with Gasteiger partial charge in [0.05, 0.1) is 12.2 Å². The minimum atomic E-state index is -3.19. The minimum absolute atomic E-state index is 0.0627. The Morgan fingerprint density at radius 2 is 1.81 bits per heavy atom. The van der Waals surface area contributed by atoms with Crippen LogP contribution in [0.2, 0.25) is 0 Å². The van der Waals surface area contributed by atoms with Crippen LogP contribution in [0.5, 0.6) is 0 Å². The monoisotopic (exact) mass is 320 g/mol. The maximum atomic E-state index is 12.3. The summed E-state index contributed by atoms with van der Waals surface area (Å²) in [7, 11) is -3.19. The number of piperidine rings is 1. The molecule has 8 heteroatoms. The number of carboxylic acid groups (broad SMARTS) is 1. The zero-order chi connectivity index (χ0) is 16.0. The van der Waals surface area contributed by atoms with Crippen molar-refractivity contribution in [2.75, 3.05) is 31.9 Å². The third-order valence-electron chi connectivity index (χ3n) is 3.85. The summed E-state index contributed by atoms with van der Waals surface area (Å²) in [5, 5.41) is 8.69. The molecule has 1 amide bonds. The van der Waals surface area contributed by atoms with Crippen LogP contribution in [0.3, 0.4) is 0 Å². The smallest absolute Gasteiger partial charge is 0.305 e. The third kappa shape index (κ3) is 4.96. The highest BCUT2D eigenvalue weighted by atomic mass is 32.2. The summed E-state index contributed by atoms with van der Waals surface area (Å²) >= 11 is 0. The van der Waals surface area contributed by atoms with E-state index in [4.69, 9.17) is 5.11 Å². The van der Waals surface area contributed by atoms with Gasteiger partial charge in [0.25, 0.3) is 0 Å². The number of sulfonamides is 1. The Hall–Kier alpha value is -1.15. The van der Waals surface area contributed by atoms with Gasteiger partial charge in [-0.3, -0.25) is 9.59 Å². The number of carbonyl (C=O) groups is 2. The van der Waals surface area contributed by atoms with Gasteiger partial charge in [-0.05, 0) is 26.7 Å². The summed E-state index contributed by atoms with van der Waals surface area (Å²) in [6.07, 6.45) is 0.936. The fourth-order valence-corrected chi connectivity index (χ4v) is 3.61. The van der Waals surface area contributed by atoms with Gasteiger partial charge >= 0.3 is 5.97 Å². The average molecular weight is 320 g/mol. The van der Waals surface area contributed by atoms with Gasteiger partial charge in [-0.15, -0.1) is 0 Å². The summed E-state index contributed by atoms with van der Waals surface area (Å²) in [6, 6.07) is 0. The predicted octanol–water partition coefficient (Wildman–Crippen LogP) is 0.371. The van der Waals surface area contributed by atoms with Crippen LogP contribution in [0.25, 0.3) is 0 Å². The van der Waals surface area contributed by atoms with Crippen LogP contribution in [-0.4, -0.2) is 66.5 Å². The Labute approximate surface area is 126 Å². The number of aliphatic carboxylic acids is 1. The lowest BCUT2D eigenvalue weighted by Gasteiger charge is -2.33. The largest absolute Gasteiger partial charge is 0.481 e. The highest BCUT2D eigenvalue weighted by Crippen LogP contribution is 2.22. The summed E-state index contributed by atoms with van der Waals surface area (Å²) in [5.41, 5.74) is 0. The van der Waals surface area contributed by atoms with E-state index >= 15 is 0 Å². The Balaban J connectivity index is 2.56. The van der Waals surface area contributed by atoms with Gasteiger partial charge < -0.3 is 10.0 Å². The summed E-state index contributed by atoms with van der Waals surface area (Å²) in [6.45, 7) is 4.83. The van der Waals surface area contributed by atoms with Gasteiger partial charge in [-0.1, -0.05) is 0 Å². The second kappa shape index (κ2) is 7.74. The number of hydrogen-bond donors (Lipinski definition) is 1. The van der Waals surface area contributed by atoms with E-state index in [2.05, 4.69) is 0 Å². The van der Waals surface area contributed by atoms with E-state index < -0.39 is 16.0 Å². The van der Waals surface area contributed by atoms with E-state index in [9.17, 15) is 18.0 Å². The first-order chi connectivity index (χ1) is 9.81. The lowest BCUT2D eigenvalue weighted by Crippen LogP contribution is -2.45. The molecule has 0 saturated carbocycles. The topological polar surface area (TPSA) is 95.0 Å². The summed E-state index contributed by atoms with van der Waals surface area (Å²) < 4.78 is 25.0. The van der Waals surface area contributed by atoms with Gasteiger partial charge in [0.1, 0.15) is 0 Å². The van der Waals surface area contributed by atoms with Crippen molar-refractivity contribution in [2.45, 2.75) is 33.1 Å².